The Morgan fingerprint density at radius 3 is 2.65 bits per heavy atom. The molecule has 106 valence electrons. The van der Waals surface area contributed by atoms with Gasteiger partial charge in [-0.3, -0.25) is 0 Å². The smallest absolute Gasteiger partial charge is 0.477 e. The standard InChI is InChI=1S/C12H8F3NO3S/c1-6-9(11(17)18)20-10(16-6)7-3-2-4-8(5-7)19-12(13,14)15/h2-5H,1H3,(H,17,18). The average molecular weight is 303 g/mol. The van der Waals surface area contributed by atoms with Crippen LogP contribution in [-0.4, -0.2) is 22.4 Å². The molecule has 2 aromatic rings. The van der Waals surface area contributed by atoms with Crippen molar-refractivity contribution in [2.75, 3.05) is 0 Å². The lowest BCUT2D eigenvalue weighted by Gasteiger charge is -2.09. The van der Waals surface area contributed by atoms with Crippen molar-refractivity contribution < 1.29 is 27.8 Å². The molecular weight excluding hydrogens is 295 g/mol. The number of carboxylic acid groups (broad SMARTS) is 1. The van der Waals surface area contributed by atoms with Crippen molar-refractivity contribution in [3.63, 3.8) is 0 Å². The van der Waals surface area contributed by atoms with Gasteiger partial charge >= 0.3 is 12.3 Å². The van der Waals surface area contributed by atoms with Gasteiger partial charge in [0.25, 0.3) is 0 Å². The quantitative estimate of drug-likeness (QED) is 0.939. The largest absolute Gasteiger partial charge is 0.573 e. The van der Waals surface area contributed by atoms with E-state index >= 15 is 0 Å². The number of benzene rings is 1. The summed E-state index contributed by atoms with van der Waals surface area (Å²) in [5, 5.41) is 9.26. The molecule has 2 rings (SSSR count). The van der Waals surface area contributed by atoms with E-state index in [9.17, 15) is 18.0 Å². The summed E-state index contributed by atoms with van der Waals surface area (Å²) in [5.74, 6) is -1.49. The Bertz CT molecular complexity index is 652. The number of aromatic nitrogens is 1. The molecule has 0 spiro atoms. The number of aromatic carboxylic acids is 1. The fourth-order valence-electron chi connectivity index (χ4n) is 1.54. The van der Waals surface area contributed by atoms with Gasteiger partial charge in [0.2, 0.25) is 0 Å². The van der Waals surface area contributed by atoms with E-state index in [1.807, 2.05) is 0 Å². The molecule has 0 aliphatic carbocycles. The molecule has 0 amide bonds. The molecular formula is C12H8F3NO3S. The lowest BCUT2D eigenvalue weighted by molar-refractivity contribution is -0.274. The maximum Gasteiger partial charge on any atom is 0.573 e. The number of nitrogens with zero attached hydrogens (tertiary/aromatic N) is 1. The monoisotopic (exact) mass is 303 g/mol. The van der Waals surface area contributed by atoms with Crippen LogP contribution in [-0.2, 0) is 0 Å². The van der Waals surface area contributed by atoms with Gasteiger partial charge in [0.15, 0.2) is 0 Å². The molecule has 0 saturated heterocycles. The molecule has 4 nitrogen and oxygen atoms in total. The first-order valence-electron chi connectivity index (χ1n) is 5.33. The zero-order chi connectivity index (χ0) is 14.9. The highest BCUT2D eigenvalue weighted by Gasteiger charge is 2.31. The van der Waals surface area contributed by atoms with E-state index in [4.69, 9.17) is 5.11 Å². The van der Waals surface area contributed by atoms with Crippen LogP contribution >= 0.6 is 11.3 Å². The van der Waals surface area contributed by atoms with E-state index in [2.05, 4.69) is 9.72 Å². The van der Waals surface area contributed by atoms with Crippen molar-refractivity contribution in [3.8, 4) is 16.3 Å². The fraction of sp³-hybridized carbons (Fsp3) is 0.167. The van der Waals surface area contributed by atoms with Crippen molar-refractivity contribution in [3.05, 3.63) is 34.8 Å². The Kier molecular flexibility index (Phi) is 3.67. The van der Waals surface area contributed by atoms with E-state index in [0.717, 1.165) is 23.5 Å². The minimum Gasteiger partial charge on any atom is -0.477 e. The lowest BCUT2D eigenvalue weighted by atomic mass is 10.2. The van der Waals surface area contributed by atoms with Crippen molar-refractivity contribution >= 4 is 17.3 Å². The second-order valence-corrected chi connectivity index (χ2v) is 4.81. The van der Waals surface area contributed by atoms with Crippen LogP contribution < -0.4 is 4.74 Å². The SMILES string of the molecule is Cc1nc(-c2cccc(OC(F)(F)F)c2)sc1C(=O)O. The number of carbonyl (C=O) groups is 1. The molecule has 20 heavy (non-hydrogen) atoms. The van der Waals surface area contributed by atoms with E-state index in [1.165, 1.54) is 19.1 Å². The predicted molar refractivity (Wildman–Crippen MR) is 65.9 cm³/mol. The van der Waals surface area contributed by atoms with Gasteiger partial charge in [0.05, 0.1) is 5.69 Å². The number of halogens is 3. The normalized spacial score (nSPS) is 11.4. The third kappa shape index (κ3) is 3.27. The van der Waals surface area contributed by atoms with Gasteiger partial charge < -0.3 is 9.84 Å². The zero-order valence-electron chi connectivity index (χ0n) is 10.1. The minimum absolute atomic E-state index is 0.0575. The second kappa shape index (κ2) is 5.12. The van der Waals surface area contributed by atoms with Crippen LogP contribution in [0.5, 0.6) is 5.75 Å². The van der Waals surface area contributed by atoms with Crippen LogP contribution in [0.3, 0.4) is 0 Å². The summed E-state index contributed by atoms with van der Waals surface area (Å²) in [6, 6.07) is 5.24. The summed E-state index contributed by atoms with van der Waals surface area (Å²) in [4.78, 5) is 15.0. The Labute approximate surface area is 115 Å². The van der Waals surface area contributed by atoms with Crippen LogP contribution in [0, 0.1) is 6.92 Å². The number of aryl methyl sites for hydroxylation is 1. The van der Waals surface area contributed by atoms with E-state index < -0.39 is 12.3 Å². The average Bonchev–Trinajstić information content (AvgIpc) is 2.69. The Balaban J connectivity index is 2.36. The number of thiazole rings is 1. The molecule has 0 atom stereocenters. The first kappa shape index (κ1) is 14.3. The first-order chi connectivity index (χ1) is 9.26. The maximum absolute atomic E-state index is 12.1. The molecule has 0 bridgehead atoms. The molecule has 0 fully saturated rings. The first-order valence-corrected chi connectivity index (χ1v) is 6.15. The van der Waals surface area contributed by atoms with Crippen LogP contribution in [0.1, 0.15) is 15.4 Å². The van der Waals surface area contributed by atoms with Gasteiger partial charge in [-0.1, -0.05) is 12.1 Å². The summed E-state index contributed by atoms with van der Waals surface area (Å²) in [6.07, 6.45) is -4.77. The van der Waals surface area contributed by atoms with Gasteiger partial charge in [0.1, 0.15) is 15.6 Å². The summed E-state index contributed by atoms with van der Waals surface area (Å²) in [7, 11) is 0. The number of carboxylic acids is 1. The molecule has 1 heterocycles. The minimum atomic E-state index is -4.77. The van der Waals surface area contributed by atoms with E-state index in [-0.39, 0.29) is 10.6 Å². The molecule has 1 N–H and O–H groups in total. The van der Waals surface area contributed by atoms with Crippen LogP contribution in [0.25, 0.3) is 10.6 Å². The number of hydrogen-bond acceptors (Lipinski definition) is 4. The number of ether oxygens (including phenoxy) is 1. The predicted octanol–water partition coefficient (Wildman–Crippen LogP) is 3.72. The van der Waals surface area contributed by atoms with Crippen LogP contribution in [0.2, 0.25) is 0 Å². The van der Waals surface area contributed by atoms with Crippen LogP contribution in [0.4, 0.5) is 13.2 Å². The number of alkyl halides is 3. The zero-order valence-corrected chi connectivity index (χ0v) is 10.9. The molecule has 0 saturated carbocycles. The summed E-state index contributed by atoms with van der Waals surface area (Å²) in [6.45, 7) is 1.53. The maximum atomic E-state index is 12.1. The summed E-state index contributed by atoms with van der Waals surface area (Å²) >= 11 is 0.900. The number of rotatable bonds is 3. The van der Waals surface area contributed by atoms with E-state index in [1.54, 1.807) is 0 Å². The topological polar surface area (TPSA) is 59.4 Å². The van der Waals surface area contributed by atoms with Gasteiger partial charge in [-0.25, -0.2) is 9.78 Å². The van der Waals surface area contributed by atoms with Crippen molar-refractivity contribution in [2.24, 2.45) is 0 Å². The van der Waals surface area contributed by atoms with Crippen molar-refractivity contribution in [2.45, 2.75) is 13.3 Å². The van der Waals surface area contributed by atoms with Crippen molar-refractivity contribution in [1.29, 1.82) is 0 Å². The highest BCUT2D eigenvalue weighted by Crippen LogP contribution is 2.31. The van der Waals surface area contributed by atoms with Gasteiger partial charge in [-0.15, -0.1) is 24.5 Å². The van der Waals surface area contributed by atoms with Crippen molar-refractivity contribution in [1.82, 2.24) is 4.98 Å². The van der Waals surface area contributed by atoms with Gasteiger partial charge in [-0.05, 0) is 19.1 Å². The molecule has 0 unspecified atom stereocenters. The van der Waals surface area contributed by atoms with Gasteiger partial charge in [-0.2, -0.15) is 0 Å². The highest BCUT2D eigenvalue weighted by molar-refractivity contribution is 7.17. The summed E-state index contributed by atoms with van der Waals surface area (Å²) in [5.41, 5.74) is 0.687. The van der Waals surface area contributed by atoms with Crippen LogP contribution in [0.15, 0.2) is 24.3 Å². The molecule has 8 heteroatoms. The fourth-order valence-corrected chi connectivity index (χ4v) is 2.45. The number of hydrogen-bond donors (Lipinski definition) is 1. The third-order valence-corrected chi connectivity index (χ3v) is 3.50. The Morgan fingerprint density at radius 1 is 1.40 bits per heavy atom. The van der Waals surface area contributed by atoms with Gasteiger partial charge in [0, 0.05) is 5.56 Å². The molecule has 0 radical (unpaired) electrons. The van der Waals surface area contributed by atoms with E-state index in [0.29, 0.717) is 16.3 Å². The highest BCUT2D eigenvalue weighted by atomic mass is 32.1. The second-order valence-electron chi connectivity index (χ2n) is 3.81. The Morgan fingerprint density at radius 2 is 2.10 bits per heavy atom. The Hall–Kier alpha value is -2.09. The summed E-state index contributed by atoms with van der Waals surface area (Å²) < 4.78 is 40.2. The molecule has 1 aromatic heterocycles. The lowest BCUT2D eigenvalue weighted by Crippen LogP contribution is -2.17. The molecule has 1 aromatic carbocycles. The third-order valence-electron chi connectivity index (χ3n) is 2.31. The molecule has 0 aliphatic rings. The molecule has 0 aliphatic heterocycles.